The van der Waals surface area contributed by atoms with Crippen molar-refractivity contribution in [3.63, 3.8) is 0 Å². The first-order valence-electron chi connectivity index (χ1n) is 5.22. The molecule has 0 aromatic rings. The van der Waals surface area contributed by atoms with Crippen LogP contribution in [0.5, 0.6) is 0 Å². The molecule has 0 radical (unpaired) electrons. The van der Waals surface area contributed by atoms with E-state index >= 15 is 0 Å². The van der Waals surface area contributed by atoms with Crippen LogP contribution in [-0.2, 0) is 9.47 Å². The van der Waals surface area contributed by atoms with E-state index < -0.39 is 0 Å². The maximum absolute atomic E-state index is 5.29. The Morgan fingerprint density at radius 2 is 1.33 bits per heavy atom. The minimum atomic E-state index is 0.463. The molecule has 2 nitrogen and oxygen atoms in total. The van der Waals surface area contributed by atoms with Crippen molar-refractivity contribution in [3.05, 3.63) is 0 Å². The molecular formula is C10H18O2S3. The van der Waals surface area contributed by atoms with Crippen molar-refractivity contribution in [1.29, 1.82) is 0 Å². The van der Waals surface area contributed by atoms with E-state index in [-0.39, 0.29) is 0 Å². The van der Waals surface area contributed by atoms with Crippen molar-refractivity contribution in [2.45, 2.75) is 39.5 Å². The van der Waals surface area contributed by atoms with Gasteiger partial charge in [-0.25, -0.2) is 0 Å². The van der Waals surface area contributed by atoms with Gasteiger partial charge in [-0.05, 0) is 37.3 Å². The maximum Gasteiger partial charge on any atom is 0.228 e. The van der Waals surface area contributed by atoms with E-state index in [9.17, 15) is 0 Å². The summed E-state index contributed by atoms with van der Waals surface area (Å²) >= 11 is 11.2. The third kappa shape index (κ3) is 10.4. The number of thioether (sulfide) groups is 1. The number of rotatable bonds is 6. The molecule has 88 valence electrons. The van der Waals surface area contributed by atoms with Crippen LogP contribution in [0.15, 0.2) is 0 Å². The van der Waals surface area contributed by atoms with Crippen molar-refractivity contribution >= 4 is 45.0 Å². The highest BCUT2D eigenvalue weighted by Crippen LogP contribution is 2.11. The Morgan fingerprint density at radius 3 is 1.67 bits per heavy atom. The van der Waals surface area contributed by atoms with Crippen LogP contribution in [-0.4, -0.2) is 22.0 Å². The van der Waals surface area contributed by atoms with Gasteiger partial charge in [-0.1, -0.05) is 26.7 Å². The predicted octanol–water partition coefficient (Wildman–Crippen LogP) is 3.92. The van der Waals surface area contributed by atoms with E-state index in [1.165, 1.54) is 11.8 Å². The Bertz CT molecular complexity index is 175. The van der Waals surface area contributed by atoms with Crippen LogP contribution in [0.1, 0.15) is 39.5 Å². The fraction of sp³-hybridized carbons (Fsp3) is 0.800. The molecular weight excluding hydrogens is 248 g/mol. The monoisotopic (exact) mass is 266 g/mol. The number of unbranched alkanes of at least 4 members (excludes halogenated alkanes) is 2. The summed E-state index contributed by atoms with van der Waals surface area (Å²) in [4.78, 5) is 0. The first-order chi connectivity index (χ1) is 7.20. The SMILES string of the molecule is CCCCOC(=S)SC(=S)OCCCC. The molecule has 0 aliphatic rings. The summed E-state index contributed by atoms with van der Waals surface area (Å²) in [6.45, 7) is 5.55. The van der Waals surface area contributed by atoms with Gasteiger partial charge < -0.3 is 9.47 Å². The van der Waals surface area contributed by atoms with Crippen molar-refractivity contribution in [2.24, 2.45) is 0 Å². The van der Waals surface area contributed by atoms with Crippen LogP contribution in [0.25, 0.3) is 0 Å². The molecule has 0 spiro atoms. The summed E-state index contributed by atoms with van der Waals surface area (Å²) in [6, 6.07) is 0. The van der Waals surface area contributed by atoms with Gasteiger partial charge in [0.2, 0.25) is 8.77 Å². The van der Waals surface area contributed by atoms with Crippen molar-refractivity contribution in [2.75, 3.05) is 13.2 Å². The second-order valence-electron chi connectivity index (χ2n) is 3.01. The minimum absolute atomic E-state index is 0.463. The topological polar surface area (TPSA) is 18.5 Å². The molecule has 0 rings (SSSR count). The highest BCUT2D eigenvalue weighted by atomic mass is 32.2. The number of ether oxygens (including phenoxy) is 2. The van der Waals surface area contributed by atoms with Crippen LogP contribution in [0, 0.1) is 0 Å². The molecule has 0 N–H and O–H groups in total. The smallest absolute Gasteiger partial charge is 0.228 e. The Balaban J connectivity index is 3.45. The lowest BCUT2D eigenvalue weighted by Crippen LogP contribution is -2.05. The Morgan fingerprint density at radius 1 is 0.933 bits per heavy atom. The molecule has 0 aliphatic heterocycles. The quantitative estimate of drug-likeness (QED) is 0.534. The first kappa shape index (κ1) is 15.1. The molecule has 15 heavy (non-hydrogen) atoms. The molecule has 0 aromatic heterocycles. The van der Waals surface area contributed by atoms with E-state index in [1.807, 2.05) is 0 Å². The van der Waals surface area contributed by atoms with E-state index in [1.54, 1.807) is 0 Å². The summed E-state index contributed by atoms with van der Waals surface area (Å²) in [7, 11) is 0. The molecule has 0 amide bonds. The third-order valence-electron chi connectivity index (χ3n) is 1.60. The van der Waals surface area contributed by atoms with Crippen LogP contribution < -0.4 is 0 Å². The highest BCUT2D eigenvalue weighted by molar-refractivity contribution is 8.37. The molecule has 0 saturated heterocycles. The van der Waals surface area contributed by atoms with E-state index in [4.69, 9.17) is 33.9 Å². The minimum Gasteiger partial charge on any atom is -0.478 e. The molecule has 0 saturated carbocycles. The van der Waals surface area contributed by atoms with Gasteiger partial charge in [0.05, 0.1) is 13.2 Å². The number of thiocarbonyl (C=S) groups is 2. The zero-order valence-corrected chi connectivity index (χ0v) is 11.7. The Labute approximate surface area is 107 Å². The van der Waals surface area contributed by atoms with E-state index in [2.05, 4.69) is 13.8 Å². The average molecular weight is 266 g/mol. The molecule has 0 unspecified atom stereocenters. The van der Waals surface area contributed by atoms with Crippen LogP contribution in [0.4, 0.5) is 0 Å². The van der Waals surface area contributed by atoms with Gasteiger partial charge in [-0.2, -0.15) is 0 Å². The lowest BCUT2D eigenvalue weighted by Gasteiger charge is -2.07. The fourth-order valence-electron chi connectivity index (χ4n) is 0.727. The lowest BCUT2D eigenvalue weighted by atomic mass is 10.4. The second-order valence-corrected chi connectivity index (χ2v) is 5.21. The van der Waals surface area contributed by atoms with Crippen LogP contribution in [0.2, 0.25) is 0 Å². The largest absolute Gasteiger partial charge is 0.478 e. The van der Waals surface area contributed by atoms with Gasteiger partial charge in [-0.3, -0.25) is 0 Å². The molecule has 0 bridgehead atoms. The van der Waals surface area contributed by atoms with Gasteiger partial charge in [0.15, 0.2) is 0 Å². The standard InChI is InChI=1S/C10H18O2S3/c1-3-5-7-11-9(13)15-10(14)12-8-6-4-2/h3-8H2,1-2H3. The Hall–Kier alpha value is 0.130. The first-order valence-corrected chi connectivity index (χ1v) is 6.85. The van der Waals surface area contributed by atoms with Gasteiger partial charge in [0.25, 0.3) is 0 Å². The molecule has 0 aliphatic carbocycles. The molecule has 0 fully saturated rings. The molecule has 0 aromatic carbocycles. The van der Waals surface area contributed by atoms with Gasteiger partial charge in [0, 0.05) is 11.8 Å². The summed E-state index contributed by atoms with van der Waals surface area (Å²) in [5.41, 5.74) is 0. The van der Waals surface area contributed by atoms with E-state index in [0.29, 0.717) is 22.0 Å². The normalized spacial score (nSPS) is 9.73. The molecule has 5 heteroatoms. The van der Waals surface area contributed by atoms with Gasteiger partial charge >= 0.3 is 0 Å². The zero-order chi connectivity index (χ0) is 11.5. The number of hydrogen-bond acceptors (Lipinski definition) is 5. The van der Waals surface area contributed by atoms with Crippen molar-refractivity contribution < 1.29 is 9.47 Å². The summed E-state index contributed by atoms with van der Waals surface area (Å²) in [6.07, 6.45) is 4.24. The van der Waals surface area contributed by atoms with Crippen LogP contribution in [0.3, 0.4) is 0 Å². The fourth-order valence-corrected chi connectivity index (χ4v) is 1.93. The summed E-state index contributed by atoms with van der Waals surface area (Å²) in [5.74, 6) is 0. The second kappa shape index (κ2) is 10.6. The highest BCUT2D eigenvalue weighted by Gasteiger charge is 2.05. The van der Waals surface area contributed by atoms with Gasteiger partial charge in [-0.15, -0.1) is 0 Å². The maximum atomic E-state index is 5.29. The predicted molar refractivity (Wildman–Crippen MR) is 74.5 cm³/mol. The Kier molecular flexibility index (Phi) is 10.7. The number of hydrogen-bond donors (Lipinski definition) is 0. The molecule has 0 atom stereocenters. The lowest BCUT2D eigenvalue weighted by molar-refractivity contribution is 0.309. The zero-order valence-electron chi connectivity index (χ0n) is 9.28. The summed E-state index contributed by atoms with van der Waals surface area (Å²) in [5, 5.41) is 0. The van der Waals surface area contributed by atoms with Gasteiger partial charge in [0.1, 0.15) is 0 Å². The third-order valence-corrected chi connectivity index (χ3v) is 2.91. The molecule has 0 heterocycles. The van der Waals surface area contributed by atoms with E-state index in [0.717, 1.165) is 25.7 Å². The van der Waals surface area contributed by atoms with Crippen molar-refractivity contribution in [1.82, 2.24) is 0 Å². The average Bonchev–Trinajstić information content (AvgIpc) is 2.18. The van der Waals surface area contributed by atoms with Crippen LogP contribution >= 0.6 is 36.2 Å². The van der Waals surface area contributed by atoms with Crippen molar-refractivity contribution in [3.8, 4) is 0 Å². The summed E-state index contributed by atoms with van der Waals surface area (Å²) < 4.78 is 11.5.